The van der Waals surface area contributed by atoms with Crippen LogP contribution in [0.2, 0.25) is 0 Å². The van der Waals surface area contributed by atoms with E-state index in [0.29, 0.717) is 12.8 Å². The lowest BCUT2D eigenvalue weighted by molar-refractivity contribution is 0.177. The number of aliphatic hydroxyl groups excluding tert-OH is 1. The van der Waals surface area contributed by atoms with Crippen molar-refractivity contribution in [3.8, 4) is 5.75 Å². The summed E-state index contributed by atoms with van der Waals surface area (Å²) in [5.74, 6) is 2.40. The molecule has 0 spiro atoms. The van der Waals surface area contributed by atoms with Crippen LogP contribution >= 0.6 is 0 Å². The molecule has 1 aromatic carbocycles. The molecule has 1 atom stereocenters. The summed E-state index contributed by atoms with van der Waals surface area (Å²) in [4.78, 5) is 0. The maximum absolute atomic E-state index is 9.70. The second kappa shape index (κ2) is 3.12. The van der Waals surface area contributed by atoms with Gasteiger partial charge in [0.25, 0.3) is 0 Å². The van der Waals surface area contributed by atoms with Crippen molar-refractivity contribution in [1.29, 1.82) is 0 Å². The summed E-state index contributed by atoms with van der Waals surface area (Å²) in [6.45, 7) is 0. The zero-order valence-electron chi connectivity index (χ0n) is 8.18. The second-order valence-electron chi connectivity index (χ2n) is 4.05. The van der Waals surface area contributed by atoms with Gasteiger partial charge in [0.15, 0.2) is 0 Å². The van der Waals surface area contributed by atoms with Crippen molar-refractivity contribution in [2.45, 2.75) is 18.9 Å². The lowest BCUT2D eigenvalue weighted by Gasteiger charge is -2.29. The third-order valence-electron chi connectivity index (χ3n) is 2.94. The van der Waals surface area contributed by atoms with Crippen LogP contribution in [0, 0.1) is 0 Å². The number of aliphatic hydroxyl groups is 1. The average Bonchev–Trinajstić information content (AvgIpc) is 2.16. The van der Waals surface area contributed by atoms with Crippen LogP contribution in [0.5, 0.6) is 5.75 Å². The van der Waals surface area contributed by atoms with Crippen LogP contribution < -0.4 is 4.65 Å². The summed E-state index contributed by atoms with van der Waals surface area (Å²) < 4.78 is 5.31. The Kier molecular flexibility index (Phi) is 1.87. The lowest BCUT2D eigenvalue weighted by atomic mass is 9.75. The molecule has 4 heteroatoms. The second-order valence-corrected chi connectivity index (χ2v) is 4.05. The summed E-state index contributed by atoms with van der Waals surface area (Å²) >= 11 is 0. The summed E-state index contributed by atoms with van der Waals surface area (Å²) in [6, 6.07) is 5.74. The quantitative estimate of drug-likeness (QED) is 0.611. The highest BCUT2D eigenvalue weighted by atomic mass is 16.5. The van der Waals surface area contributed by atoms with E-state index in [0.717, 1.165) is 22.4 Å². The molecule has 0 saturated heterocycles. The van der Waals surface area contributed by atoms with Gasteiger partial charge in [-0.3, -0.25) is 0 Å². The fourth-order valence-electron chi connectivity index (χ4n) is 2.38. The van der Waals surface area contributed by atoms with Gasteiger partial charge in [-0.15, -0.1) is 0 Å². The first-order valence-electron chi connectivity index (χ1n) is 5.10. The summed E-state index contributed by atoms with van der Waals surface area (Å²) in [7, 11) is -0.881. The van der Waals surface area contributed by atoms with E-state index in [2.05, 4.69) is 0 Å². The number of hydrogen-bond donors (Lipinski definition) is 2. The molecule has 3 nitrogen and oxygen atoms in total. The minimum absolute atomic E-state index is 0.343. The van der Waals surface area contributed by atoms with E-state index in [-0.39, 0.29) is 6.10 Å². The van der Waals surface area contributed by atoms with Crippen LogP contribution in [0.15, 0.2) is 24.2 Å². The highest BCUT2D eigenvalue weighted by Crippen LogP contribution is 2.39. The van der Waals surface area contributed by atoms with Crippen LogP contribution in [0.3, 0.4) is 0 Å². The maximum Gasteiger partial charge on any atom is 0.552 e. The monoisotopic (exact) mass is 202 g/mol. The van der Waals surface area contributed by atoms with E-state index in [4.69, 9.17) is 4.65 Å². The topological polar surface area (TPSA) is 49.7 Å². The predicted molar refractivity (Wildman–Crippen MR) is 57.3 cm³/mol. The molecule has 0 aromatic heterocycles. The van der Waals surface area contributed by atoms with E-state index < -0.39 is 7.12 Å². The fraction of sp³-hybridized carbons (Fsp3) is 0.273. The van der Waals surface area contributed by atoms with E-state index in [1.165, 1.54) is 0 Å². The fourth-order valence-corrected chi connectivity index (χ4v) is 2.38. The van der Waals surface area contributed by atoms with Gasteiger partial charge in [0.05, 0.1) is 6.10 Å². The zero-order valence-corrected chi connectivity index (χ0v) is 8.18. The van der Waals surface area contributed by atoms with Crippen LogP contribution in [0.4, 0.5) is 0 Å². The van der Waals surface area contributed by atoms with E-state index in [9.17, 15) is 10.1 Å². The minimum Gasteiger partial charge on any atom is -0.532 e. The third kappa shape index (κ3) is 1.37. The molecule has 3 rings (SSSR count). The first-order valence-corrected chi connectivity index (χ1v) is 5.10. The van der Waals surface area contributed by atoms with Gasteiger partial charge < -0.3 is 14.8 Å². The molecule has 0 bridgehead atoms. The molecule has 1 aromatic rings. The third-order valence-corrected chi connectivity index (χ3v) is 2.94. The molecule has 1 aliphatic heterocycles. The maximum atomic E-state index is 9.70. The van der Waals surface area contributed by atoms with Crippen molar-refractivity contribution in [2.75, 3.05) is 0 Å². The molecular formula is C11H11BO3. The van der Waals surface area contributed by atoms with E-state index >= 15 is 0 Å². The van der Waals surface area contributed by atoms with Crippen LogP contribution in [0.1, 0.15) is 17.5 Å². The molecule has 2 aliphatic rings. The van der Waals surface area contributed by atoms with Crippen LogP contribution in [-0.2, 0) is 6.42 Å². The minimum atomic E-state index is -0.881. The van der Waals surface area contributed by atoms with Gasteiger partial charge in [0.1, 0.15) is 5.75 Å². The molecule has 1 heterocycles. The highest BCUT2D eigenvalue weighted by Gasteiger charge is 2.30. The normalized spacial score (nSPS) is 22.9. The van der Waals surface area contributed by atoms with Gasteiger partial charge in [-0.05, 0) is 36.0 Å². The van der Waals surface area contributed by atoms with Crippen molar-refractivity contribution in [3.63, 3.8) is 0 Å². The summed E-state index contributed by atoms with van der Waals surface area (Å²) in [6.07, 6.45) is 0.925. The number of rotatable bonds is 0. The van der Waals surface area contributed by atoms with Gasteiger partial charge in [-0.2, -0.15) is 0 Å². The van der Waals surface area contributed by atoms with E-state index in [1.54, 1.807) is 5.98 Å². The Morgan fingerprint density at radius 2 is 2.20 bits per heavy atom. The predicted octanol–water partition coefficient (Wildman–Crippen LogP) is 0.789. The Labute approximate surface area is 88.1 Å². The molecule has 0 amide bonds. The Bertz CT molecular complexity index is 441. The smallest absolute Gasteiger partial charge is 0.532 e. The van der Waals surface area contributed by atoms with E-state index in [1.807, 2.05) is 18.2 Å². The average molecular weight is 202 g/mol. The molecule has 0 saturated carbocycles. The first kappa shape index (κ1) is 9.01. The molecule has 15 heavy (non-hydrogen) atoms. The molecule has 76 valence electrons. The summed E-state index contributed by atoms with van der Waals surface area (Å²) in [5, 5.41) is 19.2. The number of hydrogen-bond acceptors (Lipinski definition) is 3. The van der Waals surface area contributed by atoms with Crippen molar-refractivity contribution in [1.82, 2.24) is 0 Å². The van der Waals surface area contributed by atoms with Crippen molar-refractivity contribution in [3.05, 3.63) is 35.3 Å². The van der Waals surface area contributed by atoms with Gasteiger partial charge in [0.2, 0.25) is 0 Å². The molecule has 1 unspecified atom stereocenters. The molecule has 0 radical (unpaired) electrons. The standard InChI is InChI=1S/C11H11BO3/c13-9-4-7-2-1-3-10-11(7)8(5-9)6-12(14)15-10/h1-3,6,9,13-14H,4-5H2. The Morgan fingerprint density at radius 3 is 3.07 bits per heavy atom. The van der Waals surface area contributed by atoms with Gasteiger partial charge in [0, 0.05) is 5.56 Å². The lowest BCUT2D eigenvalue weighted by Crippen LogP contribution is -2.28. The Morgan fingerprint density at radius 1 is 1.33 bits per heavy atom. The Balaban J connectivity index is 2.20. The number of benzene rings is 1. The van der Waals surface area contributed by atoms with Gasteiger partial charge >= 0.3 is 7.12 Å². The highest BCUT2D eigenvalue weighted by molar-refractivity contribution is 6.52. The zero-order chi connectivity index (χ0) is 10.4. The first-order chi connectivity index (χ1) is 7.24. The SMILES string of the molecule is OB1C=C2CC(O)Cc3cccc(c32)O1. The van der Waals surface area contributed by atoms with Gasteiger partial charge in [-0.1, -0.05) is 12.1 Å². The van der Waals surface area contributed by atoms with Crippen molar-refractivity contribution < 1.29 is 14.8 Å². The van der Waals surface area contributed by atoms with Crippen molar-refractivity contribution >= 4 is 12.7 Å². The largest absolute Gasteiger partial charge is 0.552 e. The molecular weight excluding hydrogens is 191 g/mol. The summed E-state index contributed by atoms with van der Waals surface area (Å²) in [5.41, 5.74) is 3.16. The van der Waals surface area contributed by atoms with Crippen LogP contribution in [0.25, 0.3) is 5.57 Å². The molecule has 0 fully saturated rings. The Hall–Kier alpha value is -1.26. The van der Waals surface area contributed by atoms with Crippen molar-refractivity contribution in [2.24, 2.45) is 0 Å². The molecule has 1 aliphatic carbocycles. The molecule has 2 N–H and O–H groups in total. The van der Waals surface area contributed by atoms with Crippen LogP contribution in [-0.4, -0.2) is 23.4 Å². The van der Waals surface area contributed by atoms with Gasteiger partial charge in [-0.25, -0.2) is 0 Å².